The fraction of sp³-hybridized carbons (Fsp3) is 0.190. The molecule has 5 nitrogen and oxygen atoms in total. The molecule has 8 heteroatoms. The van der Waals surface area contributed by atoms with Gasteiger partial charge in [-0.1, -0.05) is 24.3 Å². The van der Waals surface area contributed by atoms with Gasteiger partial charge < -0.3 is 10.1 Å². The number of alkyl halides is 3. The first-order valence-electron chi connectivity index (χ1n) is 8.75. The third-order valence-corrected chi connectivity index (χ3v) is 4.16. The number of carbonyl (C=O) groups is 1. The fourth-order valence-electron chi connectivity index (χ4n) is 2.73. The van der Waals surface area contributed by atoms with Gasteiger partial charge in [-0.3, -0.25) is 9.78 Å². The van der Waals surface area contributed by atoms with Crippen LogP contribution in [0.2, 0.25) is 0 Å². The van der Waals surface area contributed by atoms with E-state index in [4.69, 9.17) is 4.74 Å². The third-order valence-electron chi connectivity index (χ3n) is 4.16. The minimum Gasteiger partial charge on any atom is -0.497 e. The van der Waals surface area contributed by atoms with Gasteiger partial charge in [0.05, 0.1) is 19.2 Å². The first-order valence-corrected chi connectivity index (χ1v) is 8.75. The van der Waals surface area contributed by atoms with Crippen molar-refractivity contribution in [2.45, 2.75) is 19.1 Å². The Balaban J connectivity index is 1.86. The predicted molar refractivity (Wildman–Crippen MR) is 101 cm³/mol. The summed E-state index contributed by atoms with van der Waals surface area (Å²) in [4.78, 5) is 20.1. The Labute approximate surface area is 165 Å². The van der Waals surface area contributed by atoms with Crippen LogP contribution in [-0.2, 0) is 23.9 Å². The van der Waals surface area contributed by atoms with E-state index >= 15 is 0 Å². The fourth-order valence-corrected chi connectivity index (χ4v) is 2.73. The van der Waals surface area contributed by atoms with Crippen LogP contribution >= 0.6 is 0 Å². The molecule has 0 fully saturated rings. The number of pyridine rings is 2. The van der Waals surface area contributed by atoms with Crippen molar-refractivity contribution < 1.29 is 22.7 Å². The molecule has 150 valence electrons. The molecule has 29 heavy (non-hydrogen) atoms. The zero-order valence-corrected chi connectivity index (χ0v) is 15.5. The highest BCUT2D eigenvalue weighted by Gasteiger charge is 2.33. The summed E-state index contributed by atoms with van der Waals surface area (Å²) in [5, 5.41) is 2.71. The Morgan fingerprint density at radius 2 is 1.93 bits per heavy atom. The van der Waals surface area contributed by atoms with Gasteiger partial charge in [-0.2, -0.15) is 13.2 Å². The minimum atomic E-state index is -4.58. The first kappa shape index (κ1) is 20.3. The van der Waals surface area contributed by atoms with Gasteiger partial charge in [0, 0.05) is 24.0 Å². The van der Waals surface area contributed by atoms with E-state index in [9.17, 15) is 18.0 Å². The highest BCUT2D eigenvalue weighted by Crippen LogP contribution is 2.32. The average molecular weight is 401 g/mol. The molecule has 0 spiro atoms. The van der Waals surface area contributed by atoms with Crippen molar-refractivity contribution in [1.82, 2.24) is 15.3 Å². The summed E-state index contributed by atoms with van der Waals surface area (Å²) < 4.78 is 44.6. The summed E-state index contributed by atoms with van der Waals surface area (Å²) in [6, 6.07) is 14.1. The topological polar surface area (TPSA) is 64.1 Å². The summed E-state index contributed by atoms with van der Waals surface area (Å²) in [6.07, 6.45) is -2.92. The van der Waals surface area contributed by atoms with Crippen molar-refractivity contribution in [2.24, 2.45) is 0 Å². The van der Waals surface area contributed by atoms with Crippen molar-refractivity contribution in [1.29, 1.82) is 0 Å². The first-order chi connectivity index (χ1) is 13.9. The number of nitrogens with zero attached hydrogens (tertiary/aromatic N) is 2. The van der Waals surface area contributed by atoms with Gasteiger partial charge in [0.15, 0.2) is 0 Å². The molecule has 0 atom stereocenters. The number of halogens is 3. The molecule has 1 amide bonds. The van der Waals surface area contributed by atoms with Crippen LogP contribution in [0.15, 0.2) is 60.8 Å². The number of hydrogen-bond donors (Lipinski definition) is 1. The molecule has 3 aromatic rings. The summed E-state index contributed by atoms with van der Waals surface area (Å²) in [7, 11) is 1.47. The number of nitrogens with one attached hydrogen (secondary N) is 1. The van der Waals surface area contributed by atoms with E-state index in [1.165, 1.54) is 13.2 Å². The maximum Gasteiger partial charge on any atom is 0.433 e. The van der Waals surface area contributed by atoms with Gasteiger partial charge in [-0.05, 0) is 35.9 Å². The zero-order valence-electron chi connectivity index (χ0n) is 15.5. The van der Waals surface area contributed by atoms with Crippen molar-refractivity contribution >= 4 is 5.91 Å². The zero-order chi connectivity index (χ0) is 20.9. The van der Waals surface area contributed by atoms with E-state index in [0.717, 1.165) is 6.07 Å². The van der Waals surface area contributed by atoms with Gasteiger partial charge >= 0.3 is 6.18 Å². The van der Waals surface area contributed by atoms with E-state index < -0.39 is 11.9 Å². The second-order valence-corrected chi connectivity index (χ2v) is 6.21. The molecule has 0 bridgehead atoms. The van der Waals surface area contributed by atoms with Gasteiger partial charge in [0.1, 0.15) is 11.4 Å². The van der Waals surface area contributed by atoms with E-state index in [1.807, 2.05) is 0 Å². The normalized spacial score (nSPS) is 11.2. The molecule has 0 radical (unpaired) electrons. The van der Waals surface area contributed by atoms with Crippen molar-refractivity contribution in [2.75, 3.05) is 7.11 Å². The van der Waals surface area contributed by atoms with E-state index in [2.05, 4.69) is 15.3 Å². The number of carbonyl (C=O) groups excluding carboxylic acids is 1. The molecule has 1 aromatic carbocycles. The van der Waals surface area contributed by atoms with Crippen LogP contribution in [0.1, 0.15) is 17.0 Å². The predicted octanol–water partition coefficient (Wildman–Crippen LogP) is 4.03. The van der Waals surface area contributed by atoms with Gasteiger partial charge in [0.2, 0.25) is 5.91 Å². The molecule has 1 N–H and O–H groups in total. The second-order valence-electron chi connectivity index (χ2n) is 6.21. The summed E-state index contributed by atoms with van der Waals surface area (Å²) in [6.45, 7) is 0.0311. The summed E-state index contributed by atoms with van der Waals surface area (Å²) >= 11 is 0. The number of methoxy groups -OCH3 is 1. The Bertz CT molecular complexity index is 992. The summed E-state index contributed by atoms with van der Waals surface area (Å²) in [5.74, 6) is 0.201. The van der Waals surface area contributed by atoms with Gasteiger partial charge in [-0.25, -0.2) is 4.98 Å². The quantitative estimate of drug-likeness (QED) is 0.677. The number of aromatic nitrogens is 2. The highest BCUT2D eigenvalue weighted by atomic mass is 19.4. The smallest absolute Gasteiger partial charge is 0.433 e. The number of amides is 1. The van der Waals surface area contributed by atoms with Crippen LogP contribution in [0.3, 0.4) is 0 Å². The molecule has 2 heterocycles. The van der Waals surface area contributed by atoms with Crippen molar-refractivity contribution in [3.8, 4) is 17.0 Å². The summed E-state index contributed by atoms with van der Waals surface area (Å²) in [5.41, 5.74) is 0.657. The van der Waals surface area contributed by atoms with Crippen LogP contribution in [0.4, 0.5) is 13.2 Å². The molecule has 3 rings (SSSR count). The molecule has 2 aromatic heterocycles. The Morgan fingerprint density at radius 3 is 2.62 bits per heavy atom. The molecule has 0 unspecified atom stereocenters. The standard InChI is InChI=1S/C21H18F3N3O2/c1-29-17-7-4-5-14(11-17)20-15(8-9-18(27-20)21(22,23)24)13-26-19(28)12-16-6-2-3-10-25-16/h2-11H,12-13H2,1H3,(H,26,28). The molecular weight excluding hydrogens is 383 g/mol. The Kier molecular flexibility index (Phi) is 6.11. The lowest BCUT2D eigenvalue weighted by Gasteiger charge is -2.14. The van der Waals surface area contributed by atoms with Crippen LogP contribution in [0, 0.1) is 0 Å². The highest BCUT2D eigenvalue weighted by molar-refractivity contribution is 5.78. The Morgan fingerprint density at radius 1 is 1.10 bits per heavy atom. The number of benzene rings is 1. The van der Waals surface area contributed by atoms with Crippen LogP contribution in [-0.4, -0.2) is 23.0 Å². The largest absolute Gasteiger partial charge is 0.497 e. The van der Waals surface area contributed by atoms with Crippen molar-refractivity contribution in [3.05, 3.63) is 77.7 Å². The van der Waals surface area contributed by atoms with Crippen molar-refractivity contribution in [3.63, 3.8) is 0 Å². The minimum absolute atomic E-state index is 0.0311. The maximum absolute atomic E-state index is 13.2. The number of ether oxygens (including phenoxy) is 1. The molecule has 0 saturated carbocycles. The van der Waals surface area contributed by atoms with Gasteiger partial charge in [0.25, 0.3) is 0 Å². The van der Waals surface area contributed by atoms with Crippen LogP contribution in [0.5, 0.6) is 5.75 Å². The molecule has 0 aliphatic carbocycles. The lowest BCUT2D eigenvalue weighted by atomic mass is 10.0. The van der Waals surface area contributed by atoms with E-state index in [0.29, 0.717) is 22.6 Å². The SMILES string of the molecule is COc1cccc(-c2nc(C(F)(F)F)ccc2CNC(=O)Cc2ccccn2)c1. The van der Waals surface area contributed by atoms with E-state index in [1.54, 1.807) is 48.7 Å². The number of rotatable bonds is 6. The molecule has 0 saturated heterocycles. The third kappa shape index (κ3) is 5.31. The Hall–Kier alpha value is -3.42. The lowest BCUT2D eigenvalue weighted by molar-refractivity contribution is -0.141. The number of hydrogen-bond acceptors (Lipinski definition) is 4. The maximum atomic E-state index is 13.2. The van der Waals surface area contributed by atoms with Gasteiger partial charge in [-0.15, -0.1) is 0 Å². The van der Waals surface area contributed by atoms with E-state index in [-0.39, 0.29) is 24.6 Å². The molecule has 0 aliphatic rings. The monoisotopic (exact) mass is 401 g/mol. The molecule has 0 aliphatic heterocycles. The second kappa shape index (κ2) is 8.72. The van der Waals surface area contributed by atoms with Crippen LogP contribution < -0.4 is 10.1 Å². The molecular formula is C21H18F3N3O2. The lowest BCUT2D eigenvalue weighted by Crippen LogP contribution is -2.25. The average Bonchev–Trinajstić information content (AvgIpc) is 2.72. The van der Waals surface area contributed by atoms with Crippen LogP contribution in [0.25, 0.3) is 11.3 Å².